The number of ether oxygens (including phenoxy) is 1. The van der Waals surface area contributed by atoms with Gasteiger partial charge in [-0.3, -0.25) is 0 Å². The quantitative estimate of drug-likeness (QED) is 0.757. The van der Waals surface area contributed by atoms with Crippen LogP contribution in [-0.4, -0.2) is 6.61 Å². The summed E-state index contributed by atoms with van der Waals surface area (Å²) in [4.78, 5) is 0. The van der Waals surface area contributed by atoms with Gasteiger partial charge >= 0.3 is 0 Å². The number of nitrogen functional groups attached to an aromatic ring is 1. The van der Waals surface area contributed by atoms with Gasteiger partial charge in [-0.25, -0.2) is 0 Å². The summed E-state index contributed by atoms with van der Waals surface area (Å²) >= 11 is 5.34. The third-order valence-corrected chi connectivity index (χ3v) is 1.85. The lowest BCUT2D eigenvalue weighted by atomic mass is 10.2. The number of hydrogen-bond acceptors (Lipinski definition) is 2. The van der Waals surface area contributed by atoms with Gasteiger partial charge in [0.2, 0.25) is 0 Å². The van der Waals surface area contributed by atoms with E-state index < -0.39 is 0 Å². The highest BCUT2D eigenvalue weighted by atomic mass is 35.5. The van der Waals surface area contributed by atoms with E-state index in [-0.39, 0.29) is 0 Å². The average Bonchev–Trinajstić information content (AvgIpc) is 2.12. The number of aryl methyl sites for hydroxylation is 1. The van der Waals surface area contributed by atoms with Crippen LogP contribution in [0.25, 0.3) is 0 Å². The number of halogens is 1. The van der Waals surface area contributed by atoms with E-state index in [2.05, 4.69) is 0 Å². The third-order valence-electron chi connectivity index (χ3n) is 1.68. The lowest BCUT2D eigenvalue weighted by Crippen LogP contribution is -1.95. The Morgan fingerprint density at radius 2 is 2.31 bits per heavy atom. The molecule has 0 bridgehead atoms. The zero-order chi connectivity index (χ0) is 9.68. The molecule has 70 valence electrons. The van der Waals surface area contributed by atoms with Crippen LogP contribution < -0.4 is 10.5 Å². The molecule has 0 heterocycles. The lowest BCUT2D eigenvalue weighted by molar-refractivity contribution is 0.363. The van der Waals surface area contributed by atoms with Crippen molar-refractivity contribution in [1.82, 2.24) is 0 Å². The fourth-order valence-electron chi connectivity index (χ4n) is 0.919. The molecule has 0 saturated heterocycles. The number of benzene rings is 1. The van der Waals surface area contributed by atoms with Crippen molar-refractivity contribution in [3.63, 3.8) is 0 Å². The molecular formula is C10H12ClNO. The Hall–Kier alpha value is -1.15. The predicted octanol–water partition coefficient (Wildman–Crippen LogP) is 2.71. The predicted molar refractivity (Wildman–Crippen MR) is 56.1 cm³/mol. The summed E-state index contributed by atoms with van der Waals surface area (Å²) < 4.78 is 5.36. The second-order valence-electron chi connectivity index (χ2n) is 2.69. The summed E-state index contributed by atoms with van der Waals surface area (Å²) in [5.74, 6) is 0.807. The molecule has 2 N–H and O–H groups in total. The van der Waals surface area contributed by atoms with E-state index >= 15 is 0 Å². The first-order chi connectivity index (χ1) is 6.24. The summed E-state index contributed by atoms with van der Waals surface area (Å²) in [6.45, 7) is 2.42. The van der Waals surface area contributed by atoms with Crippen LogP contribution in [0.4, 0.5) is 5.69 Å². The van der Waals surface area contributed by atoms with Crippen molar-refractivity contribution in [2.75, 3.05) is 12.3 Å². The van der Waals surface area contributed by atoms with Crippen molar-refractivity contribution in [1.29, 1.82) is 0 Å². The van der Waals surface area contributed by atoms with Crippen molar-refractivity contribution in [2.24, 2.45) is 0 Å². The highest BCUT2D eigenvalue weighted by Crippen LogP contribution is 2.18. The average molecular weight is 198 g/mol. The van der Waals surface area contributed by atoms with Gasteiger partial charge in [0, 0.05) is 11.2 Å². The molecule has 0 fully saturated rings. The van der Waals surface area contributed by atoms with Crippen LogP contribution in [0.2, 0.25) is 0 Å². The molecule has 0 unspecified atom stereocenters. The van der Waals surface area contributed by atoms with Crippen LogP contribution >= 0.6 is 11.6 Å². The Balaban J connectivity index is 2.63. The Bertz CT molecular complexity index is 310. The molecule has 2 nitrogen and oxygen atoms in total. The molecule has 0 radical (unpaired) electrons. The third kappa shape index (κ3) is 2.99. The van der Waals surface area contributed by atoms with E-state index in [1.54, 1.807) is 6.08 Å². The topological polar surface area (TPSA) is 35.2 Å². The zero-order valence-corrected chi connectivity index (χ0v) is 8.21. The molecular weight excluding hydrogens is 186 g/mol. The van der Waals surface area contributed by atoms with Gasteiger partial charge in [-0.15, -0.1) is 0 Å². The van der Waals surface area contributed by atoms with Gasteiger partial charge < -0.3 is 10.5 Å². The molecule has 0 aliphatic carbocycles. The molecule has 0 atom stereocenters. The first kappa shape index (κ1) is 9.93. The van der Waals surface area contributed by atoms with Gasteiger partial charge in [0.1, 0.15) is 12.4 Å². The number of anilines is 1. The minimum absolute atomic E-state index is 0.479. The second kappa shape index (κ2) is 4.77. The molecule has 1 rings (SSSR count). The molecule has 0 aliphatic rings. The standard InChI is InChI=1S/C10H12ClNO/c1-8-7-9(3-4-10(8)12)13-6-2-5-11/h2-5,7H,6,12H2,1H3/b5-2+. The highest BCUT2D eigenvalue weighted by molar-refractivity contribution is 6.25. The van der Waals surface area contributed by atoms with Gasteiger partial charge in [-0.05, 0) is 36.8 Å². The molecule has 1 aromatic rings. The lowest BCUT2D eigenvalue weighted by Gasteiger charge is -2.05. The molecule has 1 aromatic carbocycles. The molecule has 13 heavy (non-hydrogen) atoms. The van der Waals surface area contributed by atoms with E-state index in [1.807, 2.05) is 25.1 Å². The van der Waals surface area contributed by atoms with Crippen molar-refractivity contribution in [2.45, 2.75) is 6.92 Å². The van der Waals surface area contributed by atoms with Gasteiger partial charge in [-0.2, -0.15) is 0 Å². The van der Waals surface area contributed by atoms with Crippen molar-refractivity contribution in [3.8, 4) is 5.75 Å². The smallest absolute Gasteiger partial charge is 0.120 e. The van der Waals surface area contributed by atoms with Gasteiger partial charge in [-0.1, -0.05) is 11.6 Å². The maximum atomic E-state index is 5.65. The van der Waals surface area contributed by atoms with Crippen LogP contribution in [0.1, 0.15) is 5.56 Å². The normalized spacial score (nSPS) is 10.6. The first-order valence-electron chi connectivity index (χ1n) is 3.98. The molecule has 0 aliphatic heterocycles. The maximum Gasteiger partial charge on any atom is 0.120 e. The number of nitrogens with two attached hydrogens (primary N) is 1. The van der Waals surface area contributed by atoms with Gasteiger partial charge in [0.25, 0.3) is 0 Å². The summed E-state index contributed by atoms with van der Waals surface area (Å²) in [6, 6.07) is 5.57. The van der Waals surface area contributed by atoms with Crippen LogP contribution in [-0.2, 0) is 0 Å². The largest absolute Gasteiger partial charge is 0.489 e. The fourth-order valence-corrected chi connectivity index (χ4v) is 0.991. The Kier molecular flexibility index (Phi) is 3.65. The Morgan fingerprint density at radius 1 is 1.54 bits per heavy atom. The zero-order valence-electron chi connectivity index (χ0n) is 7.46. The van der Waals surface area contributed by atoms with E-state index in [0.717, 1.165) is 17.0 Å². The van der Waals surface area contributed by atoms with Gasteiger partial charge in [0.15, 0.2) is 0 Å². The summed E-state index contributed by atoms with van der Waals surface area (Å²) in [5, 5.41) is 0. The van der Waals surface area contributed by atoms with Gasteiger partial charge in [0.05, 0.1) is 0 Å². The summed E-state index contributed by atoms with van der Waals surface area (Å²) in [6.07, 6.45) is 1.73. The fraction of sp³-hybridized carbons (Fsp3) is 0.200. The molecule has 0 aromatic heterocycles. The van der Waals surface area contributed by atoms with Crippen LogP contribution in [0, 0.1) is 6.92 Å². The van der Waals surface area contributed by atoms with Crippen molar-refractivity contribution < 1.29 is 4.74 Å². The van der Waals surface area contributed by atoms with E-state index in [9.17, 15) is 0 Å². The van der Waals surface area contributed by atoms with Crippen LogP contribution in [0.5, 0.6) is 5.75 Å². The second-order valence-corrected chi connectivity index (χ2v) is 2.94. The minimum Gasteiger partial charge on any atom is -0.489 e. The molecule has 3 heteroatoms. The monoisotopic (exact) mass is 197 g/mol. The number of hydrogen-bond donors (Lipinski definition) is 1. The van der Waals surface area contributed by atoms with E-state index in [1.165, 1.54) is 5.54 Å². The van der Waals surface area contributed by atoms with Crippen molar-refractivity contribution in [3.05, 3.63) is 35.4 Å². The van der Waals surface area contributed by atoms with Crippen LogP contribution in [0.3, 0.4) is 0 Å². The summed E-state index contributed by atoms with van der Waals surface area (Å²) in [5.41, 5.74) is 8.89. The SMILES string of the molecule is Cc1cc(OC/C=C/Cl)ccc1N. The minimum atomic E-state index is 0.479. The molecule has 0 amide bonds. The van der Waals surface area contributed by atoms with E-state index in [4.69, 9.17) is 22.1 Å². The first-order valence-corrected chi connectivity index (χ1v) is 4.42. The molecule has 0 saturated carbocycles. The number of rotatable bonds is 3. The van der Waals surface area contributed by atoms with Crippen LogP contribution in [0.15, 0.2) is 29.8 Å². The Labute approximate surface area is 83.0 Å². The van der Waals surface area contributed by atoms with E-state index in [0.29, 0.717) is 6.61 Å². The van der Waals surface area contributed by atoms with Crippen molar-refractivity contribution >= 4 is 17.3 Å². The Morgan fingerprint density at radius 3 is 2.92 bits per heavy atom. The summed E-state index contributed by atoms with van der Waals surface area (Å²) in [7, 11) is 0. The highest BCUT2D eigenvalue weighted by Gasteiger charge is 1.95. The molecule has 0 spiro atoms. The maximum absolute atomic E-state index is 5.65.